The molecule has 1 fully saturated rings. The smallest absolute Gasteiger partial charge is 0.202 e. The van der Waals surface area contributed by atoms with Crippen LogP contribution >= 0.6 is 0 Å². The lowest BCUT2D eigenvalue weighted by Gasteiger charge is -2.22. The predicted molar refractivity (Wildman–Crippen MR) is 77.9 cm³/mol. The fourth-order valence-electron chi connectivity index (χ4n) is 3.59. The van der Waals surface area contributed by atoms with E-state index in [1.165, 1.54) is 19.3 Å². The Morgan fingerprint density at radius 2 is 2.21 bits per heavy atom. The molecule has 0 aliphatic heterocycles. The second kappa shape index (κ2) is 4.51. The first kappa shape index (κ1) is 12.5. The van der Waals surface area contributed by atoms with Crippen molar-refractivity contribution in [2.75, 3.05) is 5.73 Å². The number of hydrogen-bond acceptors (Lipinski definition) is 3. The third-order valence-electron chi connectivity index (χ3n) is 4.73. The summed E-state index contributed by atoms with van der Waals surface area (Å²) in [5, 5.41) is 0. The van der Waals surface area contributed by atoms with Gasteiger partial charge in [-0.3, -0.25) is 4.57 Å². The van der Waals surface area contributed by atoms with E-state index in [9.17, 15) is 0 Å². The summed E-state index contributed by atoms with van der Waals surface area (Å²) in [6, 6.07) is 2.51. The van der Waals surface area contributed by atoms with E-state index in [4.69, 9.17) is 5.73 Å². The molecule has 0 amide bonds. The van der Waals surface area contributed by atoms with Crippen molar-refractivity contribution in [2.24, 2.45) is 11.8 Å². The molecule has 102 valence electrons. The minimum Gasteiger partial charge on any atom is -0.369 e. The maximum absolute atomic E-state index is 6.14. The number of nitrogens with zero attached hydrogens (tertiary/aromatic N) is 3. The molecule has 3 atom stereocenters. The zero-order valence-corrected chi connectivity index (χ0v) is 11.9. The second-order valence-corrected chi connectivity index (χ2v) is 5.87. The third-order valence-corrected chi connectivity index (χ3v) is 4.73. The number of rotatable bonds is 2. The van der Waals surface area contributed by atoms with Crippen LogP contribution in [0.4, 0.5) is 5.95 Å². The molecule has 4 nitrogen and oxygen atoms in total. The van der Waals surface area contributed by atoms with Gasteiger partial charge in [-0.1, -0.05) is 20.3 Å². The second-order valence-electron chi connectivity index (χ2n) is 5.87. The Hall–Kier alpha value is -1.58. The largest absolute Gasteiger partial charge is 0.369 e. The molecule has 0 spiro atoms. The van der Waals surface area contributed by atoms with Gasteiger partial charge in [-0.2, -0.15) is 0 Å². The van der Waals surface area contributed by atoms with E-state index in [1.54, 1.807) is 0 Å². The SMILES string of the molecule is CCC1CCC(n2c(N)nc3cc(C)cnc32)C1C. The van der Waals surface area contributed by atoms with E-state index in [1.807, 2.05) is 13.1 Å². The highest BCUT2D eigenvalue weighted by atomic mass is 15.2. The first-order valence-electron chi connectivity index (χ1n) is 7.22. The molecule has 0 aromatic carbocycles. The quantitative estimate of drug-likeness (QED) is 0.899. The summed E-state index contributed by atoms with van der Waals surface area (Å²) < 4.78 is 2.16. The van der Waals surface area contributed by atoms with E-state index in [-0.39, 0.29) is 0 Å². The Morgan fingerprint density at radius 1 is 1.42 bits per heavy atom. The van der Waals surface area contributed by atoms with Crippen LogP contribution in [-0.2, 0) is 0 Å². The van der Waals surface area contributed by atoms with Gasteiger partial charge in [0.05, 0.1) is 0 Å². The molecular formula is C15H22N4. The molecule has 1 saturated carbocycles. The molecule has 4 heteroatoms. The normalized spacial score (nSPS) is 27.2. The van der Waals surface area contributed by atoms with Gasteiger partial charge in [0.25, 0.3) is 0 Å². The summed E-state index contributed by atoms with van der Waals surface area (Å²) in [6.07, 6.45) is 5.62. The topological polar surface area (TPSA) is 56.7 Å². The number of imidazole rings is 1. The molecule has 3 unspecified atom stereocenters. The summed E-state index contributed by atoms with van der Waals surface area (Å²) >= 11 is 0. The van der Waals surface area contributed by atoms with Gasteiger partial charge in [0, 0.05) is 12.2 Å². The van der Waals surface area contributed by atoms with Gasteiger partial charge in [-0.05, 0) is 43.2 Å². The number of nitrogen functional groups attached to an aromatic ring is 1. The van der Waals surface area contributed by atoms with Crippen molar-refractivity contribution in [1.82, 2.24) is 14.5 Å². The monoisotopic (exact) mass is 258 g/mol. The van der Waals surface area contributed by atoms with Gasteiger partial charge in [0.15, 0.2) is 5.65 Å². The standard InChI is InChI=1S/C15H22N4/c1-4-11-5-6-13(10(11)3)19-14-12(18-15(19)16)7-9(2)8-17-14/h7-8,10-11,13H,4-6H2,1-3H3,(H2,16,18). The minimum atomic E-state index is 0.449. The Balaban J connectivity index is 2.08. The maximum Gasteiger partial charge on any atom is 0.202 e. The fraction of sp³-hybridized carbons (Fsp3) is 0.600. The number of pyridine rings is 1. The molecule has 2 heterocycles. The minimum absolute atomic E-state index is 0.449. The molecule has 19 heavy (non-hydrogen) atoms. The Kier molecular flexibility index (Phi) is 2.96. The Bertz CT molecular complexity index is 601. The summed E-state index contributed by atoms with van der Waals surface area (Å²) in [7, 11) is 0. The Morgan fingerprint density at radius 3 is 2.89 bits per heavy atom. The van der Waals surface area contributed by atoms with Crippen molar-refractivity contribution in [1.29, 1.82) is 0 Å². The molecule has 2 aromatic heterocycles. The highest BCUT2D eigenvalue weighted by molar-refractivity contribution is 5.74. The number of hydrogen-bond donors (Lipinski definition) is 1. The zero-order chi connectivity index (χ0) is 13.6. The van der Waals surface area contributed by atoms with Crippen LogP contribution in [0.5, 0.6) is 0 Å². The molecule has 1 aliphatic carbocycles. The molecule has 3 rings (SSSR count). The average molecular weight is 258 g/mol. The van der Waals surface area contributed by atoms with Crippen LogP contribution in [0.15, 0.2) is 12.3 Å². The van der Waals surface area contributed by atoms with E-state index in [0.29, 0.717) is 17.9 Å². The number of anilines is 1. The first-order chi connectivity index (χ1) is 9.11. The average Bonchev–Trinajstić information content (AvgIpc) is 2.88. The van der Waals surface area contributed by atoms with E-state index in [0.717, 1.165) is 22.6 Å². The summed E-state index contributed by atoms with van der Waals surface area (Å²) in [5.41, 5.74) is 9.13. The van der Waals surface area contributed by atoms with E-state index in [2.05, 4.69) is 34.4 Å². The summed E-state index contributed by atoms with van der Waals surface area (Å²) in [6.45, 7) is 6.65. The highest BCUT2D eigenvalue weighted by Crippen LogP contribution is 2.43. The van der Waals surface area contributed by atoms with Crippen molar-refractivity contribution in [3.05, 3.63) is 17.8 Å². The number of aromatic nitrogens is 3. The van der Waals surface area contributed by atoms with Crippen LogP contribution in [-0.4, -0.2) is 14.5 Å². The van der Waals surface area contributed by atoms with Crippen LogP contribution in [0.3, 0.4) is 0 Å². The van der Waals surface area contributed by atoms with Crippen LogP contribution in [0.25, 0.3) is 11.2 Å². The van der Waals surface area contributed by atoms with Crippen LogP contribution in [0, 0.1) is 18.8 Å². The number of aryl methyl sites for hydroxylation is 1. The van der Waals surface area contributed by atoms with Crippen molar-refractivity contribution in [2.45, 2.75) is 46.1 Å². The van der Waals surface area contributed by atoms with Gasteiger partial charge in [0.2, 0.25) is 5.95 Å². The van der Waals surface area contributed by atoms with E-state index < -0.39 is 0 Å². The van der Waals surface area contributed by atoms with Gasteiger partial charge in [0.1, 0.15) is 5.52 Å². The lowest BCUT2D eigenvalue weighted by atomic mass is 9.93. The van der Waals surface area contributed by atoms with Crippen LogP contribution < -0.4 is 5.73 Å². The van der Waals surface area contributed by atoms with Gasteiger partial charge < -0.3 is 5.73 Å². The summed E-state index contributed by atoms with van der Waals surface area (Å²) in [4.78, 5) is 9.03. The number of fused-ring (bicyclic) bond motifs is 1. The lowest BCUT2D eigenvalue weighted by molar-refractivity contribution is 0.335. The third kappa shape index (κ3) is 1.90. The van der Waals surface area contributed by atoms with Gasteiger partial charge in [-0.15, -0.1) is 0 Å². The van der Waals surface area contributed by atoms with Crippen molar-refractivity contribution >= 4 is 17.1 Å². The molecule has 2 N–H and O–H groups in total. The van der Waals surface area contributed by atoms with Gasteiger partial charge >= 0.3 is 0 Å². The van der Waals surface area contributed by atoms with Gasteiger partial charge in [-0.25, -0.2) is 9.97 Å². The zero-order valence-electron chi connectivity index (χ0n) is 11.9. The lowest BCUT2D eigenvalue weighted by Crippen LogP contribution is -2.17. The highest BCUT2D eigenvalue weighted by Gasteiger charge is 2.34. The van der Waals surface area contributed by atoms with Crippen LogP contribution in [0.2, 0.25) is 0 Å². The van der Waals surface area contributed by atoms with Crippen molar-refractivity contribution in [3.63, 3.8) is 0 Å². The molecule has 0 bridgehead atoms. The predicted octanol–water partition coefficient (Wildman–Crippen LogP) is 3.32. The molecule has 0 radical (unpaired) electrons. The summed E-state index contributed by atoms with van der Waals surface area (Å²) in [5.74, 6) is 2.06. The van der Waals surface area contributed by atoms with E-state index >= 15 is 0 Å². The number of nitrogens with two attached hydrogens (primary N) is 1. The molecule has 2 aromatic rings. The maximum atomic E-state index is 6.14. The van der Waals surface area contributed by atoms with Crippen LogP contribution in [0.1, 0.15) is 44.7 Å². The molecule has 0 saturated heterocycles. The fourth-order valence-corrected chi connectivity index (χ4v) is 3.59. The molecule has 1 aliphatic rings. The van der Waals surface area contributed by atoms with Crippen molar-refractivity contribution in [3.8, 4) is 0 Å². The first-order valence-corrected chi connectivity index (χ1v) is 7.22. The van der Waals surface area contributed by atoms with Crippen molar-refractivity contribution < 1.29 is 0 Å². The Labute approximate surface area is 114 Å². The molecular weight excluding hydrogens is 236 g/mol.